The third-order valence-corrected chi connectivity index (χ3v) is 23.5. The molecule has 0 saturated carbocycles. The van der Waals surface area contributed by atoms with Crippen molar-refractivity contribution in [3.63, 3.8) is 0 Å². The third kappa shape index (κ3) is 24.5. The molecule has 23 nitrogen and oxygen atoms in total. The molecule has 6 aromatic heterocycles. The normalized spacial score (nSPS) is 11.1. The predicted octanol–water partition coefficient (Wildman–Crippen LogP) is 20.4. The van der Waals surface area contributed by atoms with Gasteiger partial charge in [0.25, 0.3) is 23.4 Å². The molecule has 0 aliphatic heterocycles. The van der Waals surface area contributed by atoms with Gasteiger partial charge in [0, 0.05) is 152 Å². The highest BCUT2D eigenvalue weighted by molar-refractivity contribution is 9.11. The van der Waals surface area contributed by atoms with Gasteiger partial charge >= 0.3 is 7.12 Å². The number of aliphatic hydroxyl groups is 1. The number of likely N-dealkylation sites (N-methyl/N-ethyl adjacent to an activating group) is 4. The number of ether oxygens (including phenoxy) is 6. The number of amides is 2. The fraction of sp³-hybridized carbons (Fsp3) is 0.269. The van der Waals surface area contributed by atoms with E-state index in [-0.39, 0.29) is 0 Å². The van der Waals surface area contributed by atoms with Crippen molar-refractivity contribution in [2.45, 2.75) is 79.9 Å². The van der Waals surface area contributed by atoms with E-state index in [1.807, 2.05) is 151 Å². The second kappa shape index (κ2) is 47.6. The van der Waals surface area contributed by atoms with Crippen LogP contribution in [0.3, 0.4) is 0 Å². The van der Waals surface area contributed by atoms with Crippen LogP contribution in [-0.4, -0.2) is 205 Å². The zero-order valence-electron chi connectivity index (χ0n) is 78.0. The van der Waals surface area contributed by atoms with Crippen LogP contribution in [0.5, 0.6) is 34.5 Å². The summed E-state index contributed by atoms with van der Waals surface area (Å²) in [6.07, 6.45) is 12.2. The lowest BCUT2D eigenvalue weighted by atomic mass is 9.81. The molecular formula is C104H118BBr3N10O13. The Bertz CT molecular complexity index is 6540. The van der Waals surface area contributed by atoms with Gasteiger partial charge in [0.1, 0.15) is 34.5 Å². The van der Waals surface area contributed by atoms with Crippen LogP contribution in [0, 0.1) is 0 Å². The summed E-state index contributed by atoms with van der Waals surface area (Å²) in [7, 11) is 23.0. The fourth-order valence-corrected chi connectivity index (χ4v) is 16.8. The average Bonchev–Trinajstić information content (AvgIpc) is 1.61. The number of H-pyrrole nitrogens is 1. The lowest BCUT2D eigenvalue weighted by Gasteiger charge is -2.16. The highest BCUT2D eigenvalue weighted by Crippen LogP contribution is 2.42. The van der Waals surface area contributed by atoms with E-state index >= 15 is 0 Å². The number of fused-ring (bicyclic) bond motifs is 6. The van der Waals surface area contributed by atoms with Crippen molar-refractivity contribution < 1.29 is 62.8 Å². The number of carbonyl (C=O) groups is 4. The third-order valence-electron chi connectivity index (χ3n) is 22.1. The summed E-state index contributed by atoms with van der Waals surface area (Å²) in [5, 5.41) is 33.7. The Hall–Kier alpha value is -12.2. The van der Waals surface area contributed by atoms with Crippen LogP contribution < -0.4 is 33.9 Å². The maximum absolute atomic E-state index is 12.7. The number of hydrogen-bond donors (Lipinski definition) is 4. The summed E-state index contributed by atoms with van der Waals surface area (Å²) in [6.45, 7) is 16.2. The molecule has 2 amide bonds. The van der Waals surface area contributed by atoms with E-state index in [1.165, 1.54) is 42.9 Å². The number of aromatic amines is 1. The van der Waals surface area contributed by atoms with Gasteiger partial charge in [-0.05, 0) is 199 Å². The van der Waals surface area contributed by atoms with E-state index in [9.17, 15) is 24.3 Å². The maximum atomic E-state index is 12.7. The number of rotatable bonds is 25. The minimum absolute atomic E-state index is 0.370. The number of aliphatic hydroxyl groups excluding tert-OH is 1. The Kier molecular flexibility index (Phi) is 36.7. The van der Waals surface area contributed by atoms with E-state index in [2.05, 4.69) is 198 Å². The average molecular weight is 1970 g/mol. The molecule has 16 rings (SSSR count). The molecule has 0 spiro atoms. The van der Waals surface area contributed by atoms with Crippen LogP contribution in [-0.2, 0) is 48.7 Å². The Morgan fingerprint density at radius 3 is 1.17 bits per heavy atom. The Labute approximate surface area is 792 Å². The number of methoxy groups -OCH3 is 6. The van der Waals surface area contributed by atoms with E-state index in [0.717, 1.165) is 135 Å². The number of benzene rings is 10. The number of hydrogen-bond acceptors (Lipinski definition) is 15. The molecule has 10 aromatic carbocycles. The van der Waals surface area contributed by atoms with E-state index < -0.39 is 36.6 Å². The Morgan fingerprint density at radius 1 is 0.389 bits per heavy atom. The van der Waals surface area contributed by atoms with Crippen molar-refractivity contribution in [1.29, 1.82) is 0 Å². The van der Waals surface area contributed by atoms with Crippen molar-refractivity contribution in [2.75, 3.05) is 112 Å². The first-order chi connectivity index (χ1) is 62.9. The van der Waals surface area contributed by atoms with Crippen LogP contribution in [0.15, 0.2) is 257 Å². The molecule has 686 valence electrons. The quantitative estimate of drug-likeness (QED) is 0.0236. The smallest absolute Gasteiger partial charge is 0.488 e. The van der Waals surface area contributed by atoms with Crippen molar-refractivity contribution in [3.05, 3.63) is 279 Å². The summed E-state index contributed by atoms with van der Waals surface area (Å²) in [5.41, 5.74) is 16.7. The van der Waals surface area contributed by atoms with Gasteiger partial charge in [-0.1, -0.05) is 169 Å². The van der Waals surface area contributed by atoms with Gasteiger partial charge in [-0.2, -0.15) is 0 Å². The van der Waals surface area contributed by atoms with Crippen molar-refractivity contribution in [2.24, 2.45) is 0 Å². The van der Waals surface area contributed by atoms with Gasteiger partial charge in [0.15, 0.2) is 0 Å². The maximum Gasteiger partial charge on any atom is 0.488 e. The molecule has 0 saturated heterocycles. The molecule has 0 aliphatic rings. The van der Waals surface area contributed by atoms with Crippen LogP contribution >= 0.6 is 47.8 Å². The van der Waals surface area contributed by atoms with Crippen LogP contribution in [0.25, 0.3) is 98.8 Å². The topological polar surface area (TPSA) is 238 Å². The lowest BCUT2D eigenvalue weighted by Crippen LogP contribution is -2.29. The van der Waals surface area contributed by atoms with Crippen LogP contribution in [0.4, 0.5) is 0 Å². The van der Waals surface area contributed by atoms with E-state index in [1.54, 1.807) is 114 Å². The first kappa shape index (κ1) is 101. The number of halogens is 3. The Balaban J connectivity index is 0.000000162. The molecular weight excluding hydrogens is 1850 g/mol. The number of ketones is 2. The molecule has 6 heterocycles. The number of aromatic nitrogens is 6. The number of aryl methyl sites for hydroxylation is 5. The van der Waals surface area contributed by atoms with Crippen molar-refractivity contribution in [1.82, 2.24) is 47.4 Å². The van der Waals surface area contributed by atoms with Gasteiger partial charge in [-0.15, -0.1) is 0 Å². The summed E-state index contributed by atoms with van der Waals surface area (Å²) >= 11 is 10.3. The number of nitrogens with one attached hydrogen (secondary N) is 1. The molecule has 1 atom stereocenters. The van der Waals surface area contributed by atoms with Crippen molar-refractivity contribution >= 4 is 149 Å². The second-order valence-electron chi connectivity index (χ2n) is 31.6. The molecule has 27 heteroatoms. The van der Waals surface area contributed by atoms with Gasteiger partial charge < -0.3 is 91.0 Å². The zero-order chi connectivity index (χ0) is 95.0. The molecule has 16 aromatic rings. The summed E-state index contributed by atoms with van der Waals surface area (Å²) in [5.74, 6) is 2.58. The first-order valence-electron chi connectivity index (χ1n) is 43.1. The highest BCUT2D eigenvalue weighted by Gasteiger charge is 2.29. The molecule has 0 radical (unpaired) electrons. The van der Waals surface area contributed by atoms with Crippen LogP contribution in [0.2, 0.25) is 0 Å². The molecule has 131 heavy (non-hydrogen) atoms. The second-order valence-corrected chi connectivity index (χ2v) is 34.4. The van der Waals surface area contributed by atoms with E-state index in [0.29, 0.717) is 58.5 Å². The minimum Gasteiger partial charge on any atom is -0.496 e. The molecule has 0 fully saturated rings. The minimum atomic E-state index is -1.34. The zero-order valence-corrected chi connectivity index (χ0v) is 82.7. The SMILES string of the molecule is CCn1cc(C(=O)C(=O)N(C)C)c2c(OC)cc(-c3ccccc3)cc21.CCn1cc(C(=O)C(=O)N(C)C)c2c(OC)cc(Br)cc21.CCn1cc(C(O)CN(C)C)c2c(OC)cc(-c3ccccc3)cc21.CCn1cc(CCN(C)C)c2c(OC)cc(-c3ccccc3)cc21.CCn1ccc2c(OC)cc(Br)cc21.COc1cc(Br)cc2[nH]ccc12.OB(O)c1ccccc1. The predicted molar refractivity (Wildman–Crippen MR) is 543 cm³/mol. The fourth-order valence-electron chi connectivity index (χ4n) is 15.5. The first-order valence-corrected chi connectivity index (χ1v) is 45.5. The molecule has 1 unspecified atom stereocenters. The highest BCUT2D eigenvalue weighted by atomic mass is 79.9. The monoisotopic (exact) mass is 1960 g/mol. The van der Waals surface area contributed by atoms with Gasteiger partial charge in [0.2, 0.25) is 0 Å². The Morgan fingerprint density at radius 2 is 0.756 bits per heavy atom. The number of Topliss-reactive ketones (excluding diaryl/α,β-unsaturated/α-hetero) is 2. The van der Waals surface area contributed by atoms with Gasteiger partial charge in [-0.25, -0.2) is 0 Å². The van der Waals surface area contributed by atoms with Crippen molar-refractivity contribution in [3.8, 4) is 67.9 Å². The lowest BCUT2D eigenvalue weighted by molar-refractivity contribution is -0.124. The van der Waals surface area contributed by atoms with E-state index in [4.69, 9.17) is 38.5 Å². The largest absolute Gasteiger partial charge is 0.496 e. The molecule has 0 bridgehead atoms. The standard InChI is InChI=1S/C21H22N2O3.C21H26N2O2.C21H26N2O.C15H17BrN2O3.C11H12BrNO.C9H8BrNO.C6H7BO2/c1-5-23-13-16(20(24)21(25)22(2)3)19-17(23)11-15(12-18(19)26-4)14-9-7-6-8-10-14;1-5-23-13-17(19(24)14-22(2)3)21-18(23)11-16(12-20(21)25-4)15-9-7-6-8-10-15;1-5-23-15-17(11-12-22(2)3)21-19(23)13-18(14-20(21)24-4)16-9-7-6-8-10-16;1-5-18-8-10(14(19)15(20)17(2)3)13-11(18)6-9(16)7-12(13)21-4;1-3-13-5-4-9-10(13)6-8(12)7-11(9)14-2;1-12-9-5-6(10)4-8-7(9)2-3-11-8;8-7(9)6-4-2-1-3-5-6/h6-13H,5H2,1-4H3;6-13,19,24H,5,14H2,1-4H3;6-10,13-15H,5,11-12H2,1-4H3;6-8H,5H2,1-4H3;4-7H,3H2,1-2H3;2-5,11H,1H3;1-5,8-9H. The van der Waals surface area contributed by atoms with Gasteiger partial charge in [-0.3, -0.25) is 19.2 Å². The molecule has 4 N–H and O–H groups in total. The van der Waals surface area contributed by atoms with Gasteiger partial charge in [0.05, 0.1) is 104 Å². The number of carbonyl (C=O) groups excluding carboxylic acids is 4. The number of nitrogens with zero attached hydrogens (tertiary/aromatic N) is 9. The summed E-state index contributed by atoms with van der Waals surface area (Å²) in [4.78, 5) is 59.2. The van der Waals surface area contributed by atoms with Crippen LogP contribution in [0.1, 0.15) is 72.6 Å². The molecule has 0 aliphatic carbocycles. The summed E-state index contributed by atoms with van der Waals surface area (Å²) in [6, 6.07) is 68.0. The summed E-state index contributed by atoms with van der Waals surface area (Å²) < 4.78 is 46.5.